The summed E-state index contributed by atoms with van der Waals surface area (Å²) in [6, 6.07) is 21.7. The van der Waals surface area contributed by atoms with E-state index in [9.17, 15) is 9.59 Å². The zero-order valence-corrected chi connectivity index (χ0v) is 18.0. The summed E-state index contributed by atoms with van der Waals surface area (Å²) >= 11 is 0. The highest BCUT2D eigenvalue weighted by Crippen LogP contribution is 2.23. The Morgan fingerprint density at radius 2 is 1.39 bits per heavy atom. The molecule has 0 spiro atoms. The van der Waals surface area contributed by atoms with Gasteiger partial charge in [0.2, 0.25) is 5.91 Å². The SMILES string of the molecule is CCN(c1ccc(NC(=O)c2ccc(Oc3ccc(C(N)=O)cc3)cc2)cc1)C(C)C. The number of nitrogens with zero attached hydrogens (tertiary/aromatic N) is 1. The molecule has 0 atom stereocenters. The summed E-state index contributed by atoms with van der Waals surface area (Å²) in [6.07, 6.45) is 0. The van der Waals surface area contributed by atoms with Crippen molar-refractivity contribution in [3.05, 3.63) is 83.9 Å². The maximum absolute atomic E-state index is 12.6. The molecule has 3 rings (SSSR count). The van der Waals surface area contributed by atoms with Gasteiger partial charge in [-0.25, -0.2) is 0 Å². The van der Waals surface area contributed by atoms with Crippen molar-refractivity contribution in [3.63, 3.8) is 0 Å². The van der Waals surface area contributed by atoms with Crippen molar-refractivity contribution in [2.75, 3.05) is 16.8 Å². The van der Waals surface area contributed by atoms with Crippen molar-refractivity contribution in [1.82, 2.24) is 0 Å². The summed E-state index contributed by atoms with van der Waals surface area (Å²) in [5.41, 5.74) is 8.04. The lowest BCUT2D eigenvalue weighted by Gasteiger charge is -2.27. The molecule has 3 N–H and O–H groups in total. The smallest absolute Gasteiger partial charge is 0.255 e. The predicted molar refractivity (Wildman–Crippen MR) is 124 cm³/mol. The van der Waals surface area contributed by atoms with Crippen molar-refractivity contribution in [1.29, 1.82) is 0 Å². The topological polar surface area (TPSA) is 84.7 Å². The van der Waals surface area contributed by atoms with Gasteiger partial charge in [-0.3, -0.25) is 9.59 Å². The molecule has 0 radical (unpaired) electrons. The van der Waals surface area contributed by atoms with E-state index in [1.165, 1.54) is 0 Å². The Labute approximate surface area is 182 Å². The second-order valence-corrected chi connectivity index (χ2v) is 7.40. The third-order valence-corrected chi connectivity index (χ3v) is 4.91. The molecule has 0 aliphatic rings. The summed E-state index contributed by atoms with van der Waals surface area (Å²) in [5.74, 6) is 0.478. The number of hydrogen-bond acceptors (Lipinski definition) is 4. The van der Waals surface area contributed by atoms with Gasteiger partial charge in [-0.15, -0.1) is 0 Å². The van der Waals surface area contributed by atoms with Crippen LogP contribution in [0.3, 0.4) is 0 Å². The molecular weight excluding hydrogens is 390 g/mol. The zero-order chi connectivity index (χ0) is 22.4. The molecule has 0 unspecified atom stereocenters. The Bertz CT molecular complexity index is 1030. The summed E-state index contributed by atoms with van der Waals surface area (Å²) in [7, 11) is 0. The zero-order valence-electron chi connectivity index (χ0n) is 18.0. The van der Waals surface area contributed by atoms with Crippen LogP contribution >= 0.6 is 0 Å². The molecule has 3 aromatic carbocycles. The Balaban J connectivity index is 1.61. The molecule has 0 aliphatic carbocycles. The van der Waals surface area contributed by atoms with Gasteiger partial charge in [0.15, 0.2) is 0 Å². The van der Waals surface area contributed by atoms with Gasteiger partial charge >= 0.3 is 0 Å². The second-order valence-electron chi connectivity index (χ2n) is 7.40. The number of anilines is 2. The highest BCUT2D eigenvalue weighted by Gasteiger charge is 2.10. The number of nitrogens with one attached hydrogen (secondary N) is 1. The molecule has 31 heavy (non-hydrogen) atoms. The number of benzene rings is 3. The van der Waals surface area contributed by atoms with E-state index in [1.807, 2.05) is 24.3 Å². The molecule has 0 fully saturated rings. The van der Waals surface area contributed by atoms with E-state index >= 15 is 0 Å². The van der Waals surface area contributed by atoms with Crippen LogP contribution in [-0.4, -0.2) is 24.4 Å². The van der Waals surface area contributed by atoms with Crippen LogP contribution in [0.2, 0.25) is 0 Å². The van der Waals surface area contributed by atoms with Gasteiger partial charge in [0, 0.05) is 35.1 Å². The van der Waals surface area contributed by atoms with E-state index in [2.05, 4.69) is 31.0 Å². The predicted octanol–water partition coefficient (Wildman–Crippen LogP) is 5.06. The number of carbonyl (C=O) groups is 2. The molecule has 2 amide bonds. The lowest BCUT2D eigenvalue weighted by molar-refractivity contribution is 0.0997. The fourth-order valence-electron chi connectivity index (χ4n) is 3.28. The minimum Gasteiger partial charge on any atom is -0.457 e. The molecule has 0 saturated heterocycles. The fraction of sp³-hybridized carbons (Fsp3) is 0.200. The number of nitrogens with two attached hydrogens (primary N) is 1. The summed E-state index contributed by atoms with van der Waals surface area (Å²) < 4.78 is 5.74. The number of ether oxygens (including phenoxy) is 1. The van der Waals surface area contributed by atoms with E-state index in [0.29, 0.717) is 28.7 Å². The van der Waals surface area contributed by atoms with Crippen LogP contribution in [0, 0.1) is 0 Å². The van der Waals surface area contributed by atoms with Gasteiger partial charge in [0.25, 0.3) is 5.91 Å². The van der Waals surface area contributed by atoms with E-state index in [0.717, 1.165) is 17.9 Å². The number of carbonyl (C=O) groups excluding carboxylic acids is 2. The maximum Gasteiger partial charge on any atom is 0.255 e. The third kappa shape index (κ3) is 5.63. The van der Waals surface area contributed by atoms with Gasteiger partial charge in [0.1, 0.15) is 11.5 Å². The Hall–Kier alpha value is -3.80. The first-order valence-corrected chi connectivity index (χ1v) is 10.2. The van der Waals surface area contributed by atoms with Gasteiger partial charge in [-0.05, 0) is 93.6 Å². The summed E-state index contributed by atoms with van der Waals surface area (Å²) in [5, 5.41) is 2.92. The Morgan fingerprint density at radius 3 is 1.84 bits per heavy atom. The minimum absolute atomic E-state index is 0.193. The number of amides is 2. The molecular formula is C25H27N3O3. The van der Waals surface area contributed by atoms with E-state index in [1.54, 1.807) is 48.5 Å². The monoisotopic (exact) mass is 417 g/mol. The van der Waals surface area contributed by atoms with Crippen molar-refractivity contribution < 1.29 is 14.3 Å². The standard InChI is InChI=1S/C25H27N3O3/c1-4-28(17(2)3)21-11-9-20(10-12-21)27-25(30)19-7-15-23(16-8-19)31-22-13-5-18(6-14-22)24(26)29/h5-17H,4H2,1-3H3,(H2,26,29)(H,27,30). The van der Waals surface area contributed by atoms with Crippen LogP contribution in [0.5, 0.6) is 11.5 Å². The molecule has 0 saturated carbocycles. The van der Waals surface area contributed by atoms with Crippen LogP contribution in [0.15, 0.2) is 72.8 Å². The molecule has 0 bridgehead atoms. The van der Waals surface area contributed by atoms with E-state index < -0.39 is 5.91 Å². The van der Waals surface area contributed by atoms with Crippen LogP contribution in [0.25, 0.3) is 0 Å². The highest BCUT2D eigenvalue weighted by atomic mass is 16.5. The molecule has 160 valence electrons. The minimum atomic E-state index is -0.487. The lowest BCUT2D eigenvalue weighted by Crippen LogP contribution is -2.30. The van der Waals surface area contributed by atoms with Crippen molar-refractivity contribution in [3.8, 4) is 11.5 Å². The summed E-state index contributed by atoms with van der Waals surface area (Å²) in [4.78, 5) is 26.0. The first kappa shape index (κ1) is 21.9. The van der Waals surface area contributed by atoms with E-state index in [-0.39, 0.29) is 5.91 Å². The van der Waals surface area contributed by atoms with Crippen molar-refractivity contribution in [2.24, 2.45) is 5.73 Å². The van der Waals surface area contributed by atoms with Crippen LogP contribution in [0.4, 0.5) is 11.4 Å². The van der Waals surface area contributed by atoms with Crippen LogP contribution in [-0.2, 0) is 0 Å². The lowest BCUT2D eigenvalue weighted by atomic mass is 10.2. The van der Waals surface area contributed by atoms with Crippen molar-refractivity contribution in [2.45, 2.75) is 26.8 Å². The average Bonchev–Trinajstić information content (AvgIpc) is 2.76. The average molecular weight is 418 g/mol. The Kier molecular flexibility index (Phi) is 6.92. The number of hydrogen-bond donors (Lipinski definition) is 2. The highest BCUT2D eigenvalue weighted by molar-refractivity contribution is 6.04. The fourth-order valence-corrected chi connectivity index (χ4v) is 3.28. The largest absolute Gasteiger partial charge is 0.457 e. The second kappa shape index (κ2) is 9.80. The van der Waals surface area contributed by atoms with Crippen LogP contribution in [0.1, 0.15) is 41.5 Å². The van der Waals surface area contributed by atoms with Gasteiger partial charge in [-0.1, -0.05) is 0 Å². The quantitative estimate of drug-likeness (QED) is 0.536. The van der Waals surface area contributed by atoms with Crippen LogP contribution < -0.4 is 20.7 Å². The number of rotatable bonds is 8. The number of primary amides is 1. The first-order valence-electron chi connectivity index (χ1n) is 10.2. The third-order valence-electron chi connectivity index (χ3n) is 4.91. The summed E-state index contributed by atoms with van der Waals surface area (Å²) in [6.45, 7) is 7.36. The molecule has 0 aromatic heterocycles. The molecule has 6 nitrogen and oxygen atoms in total. The van der Waals surface area contributed by atoms with E-state index in [4.69, 9.17) is 10.5 Å². The van der Waals surface area contributed by atoms with Gasteiger partial charge in [0.05, 0.1) is 0 Å². The Morgan fingerprint density at radius 1 is 0.871 bits per heavy atom. The van der Waals surface area contributed by atoms with Gasteiger partial charge < -0.3 is 20.7 Å². The molecule has 0 heterocycles. The molecule has 3 aromatic rings. The molecule has 6 heteroatoms. The molecule has 0 aliphatic heterocycles. The normalized spacial score (nSPS) is 10.6. The van der Waals surface area contributed by atoms with Gasteiger partial charge in [-0.2, -0.15) is 0 Å². The first-order chi connectivity index (χ1) is 14.9. The maximum atomic E-state index is 12.6. The van der Waals surface area contributed by atoms with Crippen molar-refractivity contribution >= 4 is 23.2 Å².